The van der Waals surface area contributed by atoms with Gasteiger partial charge in [-0.15, -0.1) is 0 Å². The Morgan fingerprint density at radius 3 is 1.90 bits per heavy atom. The highest BCUT2D eigenvalue weighted by atomic mass is 16.4. The van der Waals surface area contributed by atoms with E-state index in [2.05, 4.69) is 6.92 Å². The first-order valence-electron chi connectivity index (χ1n) is 8.26. The molecule has 0 aromatic heterocycles. The fourth-order valence-corrected chi connectivity index (χ4v) is 3.26. The van der Waals surface area contributed by atoms with Crippen molar-refractivity contribution in [1.82, 2.24) is 0 Å². The van der Waals surface area contributed by atoms with Gasteiger partial charge in [0.2, 0.25) is 0 Å². The van der Waals surface area contributed by atoms with Crippen LogP contribution in [-0.2, 0) is 0 Å². The molecule has 4 nitrogen and oxygen atoms in total. The molecule has 1 saturated carbocycles. The maximum atomic E-state index is 10.0. The summed E-state index contributed by atoms with van der Waals surface area (Å²) in [4.78, 5) is 0. The summed E-state index contributed by atoms with van der Waals surface area (Å²) in [5.74, 6) is -0.302. The molecule has 0 bridgehead atoms. The molecule has 0 radical (unpaired) electrons. The summed E-state index contributed by atoms with van der Waals surface area (Å²) < 4.78 is 0. The lowest BCUT2D eigenvalue weighted by molar-refractivity contribution is -0.143. The third kappa shape index (κ3) is 5.32. The molecule has 1 aliphatic rings. The normalized spacial score (nSPS) is 34.4. The van der Waals surface area contributed by atoms with Gasteiger partial charge in [-0.2, -0.15) is 0 Å². The fourth-order valence-electron chi connectivity index (χ4n) is 3.26. The molecular formula is C16H32O4. The van der Waals surface area contributed by atoms with Crippen molar-refractivity contribution in [3.8, 4) is 0 Å². The monoisotopic (exact) mass is 288 g/mol. The Labute approximate surface area is 122 Å². The first-order chi connectivity index (χ1) is 9.61. The predicted molar refractivity (Wildman–Crippen MR) is 79.3 cm³/mol. The van der Waals surface area contributed by atoms with E-state index >= 15 is 0 Å². The van der Waals surface area contributed by atoms with Crippen molar-refractivity contribution in [2.45, 2.75) is 83.0 Å². The topological polar surface area (TPSA) is 80.9 Å². The summed E-state index contributed by atoms with van der Waals surface area (Å²) >= 11 is 0. The zero-order valence-corrected chi connectivity index (χ0v) is 12.7. The van der Waals surface area contributed by atoms with E-state index in [1.54, 1.807) is 0 Å². The van der Waals surface area contributed by atoms with Crippen molar-refractivity contribution < 1.29 is 20.4 Å². The van der Waals surface area contributed by atoms with Crippen LogP contribution in [0.2, 0.25) is 0 Å². The van der Waals surface area contributed by atoms with Gasteiger partial charge in [-0.3, -0.25) is 0 Å². The molecule has 5 atom stereocenters. The smallest absolute Gasteiger partial charge is 0.106 e. The largest absolute Gasteiger partial charge is 0.396 e. The first-order valence-corrected chi connectivity index (χ1v) is 8.26. The number of hydrogen-bond donors (Lipinski definition) is 4. The van der Waals surface area contributed by atoms with E-state index in [1.807, 2.05) is 0 Å². The van der Waals surface area contributed by atoms with E-state index in [0.717, 1.165) is 19.3 Å². The molecule has 1 fully saturated rings. The van der Waals surface area contributed by atoms with Crippen molar-refractivity contribution in [2.75, 3.05) is 6.61 Å². The second-order valence-corrected chi connectivity index (χ2v) is 6.32. The van der Waals surface area contributed by atoms with Gasteiger partial charge in [0.05, 0.1) is 12.2 Å². The van der Waals surface area contributed by atoms with Crippen molar-refractivity contribution in [1.29, 1.82) is 0 Å². The maximum absolute atomic E-state index is 10.0. The molecule has 0 aliphatic heterocycles. The molecule has 0 spiro atoms. The van der Waals surface area contributed by atoms with Crippen LogP contribution >= 0.6 is 0 Å². The van der Waals surface area contributed by atoms with Crippen LogP contribution in [0.15, 0.2) is 0 Å². The fraction of sp³-hybridized carbons (Fsp3) is 1.00. The van der Waals surface area contributed by atoms with Gasteiger partial charge in [0.1, 0.15) is 6.10 Å². The van der Waals surface area contributed by atoms with Crippen LogP contribution < -0.4 is 0 Å². The summed E-state index contributed by atoms with van der Waals surface area (Å²) in [6.07, 6.45) is 7.11. The lowest BCUT2D eigenvalue weighted by Gasteiger charge is -2.40. The van der Waals surface area contributed by atoms with Crippen LogP contribution in [0.3, 0.4) is 0 Å². The van der Waals surface area contributed by atoms with Gasteiger partial charge in [0.15, 0.2) is 0 Å². The molecule has 0 saturated heterocycles. The quantitative estimate of drug-likeness (QED) is 0.488. The Morgan fingerprint density at radius 1 is 0.750 bits per heavy atom. The molecule has 1 rings (SSSR count). The molecule has 20 heavy (non-hydrogen) atoms. The summed E-state index contributed by atoms with van der Waals surface area (Å²) in [5.41, 5.74) is 0. The average Bonchev–Trinajstić information content (AvgIpc) is 2.46. The third-order valence-corrected chi connectivity index (χ3v) is 4.68. The molecule has 0 aromatic rings. The summed E-state index contributed by atoms with van der Waals surface area (Å²) in [6, 6.07) is 0. The summed E-state index contributed by atoms with van der Waals surface area (Å²) in [5, 5.41) is 38.8. The molecular weight excluding hydrogens is 256 g/mol. The number of hydrogen-bond acceptors (Lipinski definition) is 4. The Hall–Kier alpha value is -0.160. The second-order valence-electron chi connectivity index (χ2n) is 6.32. The SMILES string of the molecule is CCCCCCCCC[C@H]1C[C@H](CO)[C@@H](O)[C@H](O)[C@H]1O. The van der Waals surface area contributed by atoms with Crippen LogP contribution in [0, 0.1) is 11.8 Å². The van der Waals surface area contributed by atoms with Crippen molar-refractivity contribution in [2.24, 2.45) is 11.8 Å². The highest BCUT2D eigenvalue weighted by Crippen LogP contribution is 2.33. The van der Waals surface area contributed by atoms with Gasteiger partial charge in [-0.05, 0) is 18.8 Å². The van der Waals surface area contributed by atoms with Gasteiger partial charge in [0, 0.05) is 12.5 Å². The lowest BCUT2D eigenvalue weighted by Crippen LogP contribution is -2.51. The van der Waals surface area contributed by atoms with Crippen molar-refractivity contribution in [3.05, 3.63) is 0 Å². The zero-order chi connectivity index (χ0) is 15.0. The number of aliphatic hydroxyl groups excluding tert-OH is 4. The van der Waals surface area contributed by atoms with Crippen LogP contribution in [0.1, 0.15) is 64.7 Å². The van der Waals surface area contributed by atoms with E-state index in [4.69, 9.17) is 0 Å². The Kier molecular flexibility index (Phi) is 8.69. The first kappa shape index (κ1) is 17.9. The maximum Gasteiger partial charge on any atom is 0.106 e. The molecule has 0 aromatic carbocycles. The van der Waals surface area contributed by atoms with Gasteiger partial charge < -0.3 is 20.4 Å². The van der Waals surface area contributed by atoms with E-state index in [0.29, 0.717) is 6.42 Å². The minimum atomic E-state index is -1.12. The van der Waals surface area contributed by atoms with Gasteiger partial charge in [0.25, 0.3) is 0 Å². The zero-order valence-electron chi connectivity index (χ0n) is 12.7. The van der Waals surface area contributed by atoms with Gasteiger partial charge in [-0.1, -0.05) is 51.9 Å². The van der Waals surface area contributed by atoms with Crippen LogP contribution in [0.25, 0.3) is 0 Å². The minimum Gasteiger partial charge on any atom is -0.396 e. The van der Waals surface area contributed by atoms with E-state index in [9.17, 15) is 20.4 Å². The van der Waals surface area contributed by atoms with Gasteiger partial charge >= 0.3 is 0 Å². The summed E-state index contributed by atoms with van der Waals surface area (Å²) in [6.45, 7) is 2.08. The number of unbranched alkanes of at least 4 members (excludes halogenated alkanes) is 6. The van der Waals surface area contributed by atoms with Crippen LogP contribution in [0.4, 0.5) is 0 Å². The highest BCUT2D eigenvalue weighted by Gasteiger charge is 2.41. The average molecular weight is 288 g/mol. The molecule has 0 unspecified atom stereocenters. The van der Waals surface area contributed by atoms with Gasteiger partial charge in [-0.25, -0.2) is 0 Å². The van der Waals surface area contributed by atoms with E-state index in [1.165, 1.54) is 32.1 Å². The second kappa shape index (κ2) is 9.72. The van der Waals surface area contributed by atoms with Crippen molar-refractivity contribution >= 4 is 0 Å². The van der Waals surface area contributed by atoms with E-state index < -0.39 is 18.3 Å². The minimum absolute atomic E-state index is 0.00110. The molecule has 1 aliphatic carbocycles. The van der Waals surface area contributed by atoms with Crippen LogP contribution in [0.5, 0.6) is 0 Å². The molecule has 120 valence electrons. The summed E-state index contributed by atoms with van der Waals surface area (Å²) in [7, 11) is 0. The standard InChI is InChI=1S/C16H32O4/c1-2-3-4-5-6-7-8-9-12-10-13(11-17)15(19)16(20)14(12)18/h12-20H,2-11H2,1H3/t12-,13+,14-,15+,16+/m0/s1. The Balaban J connectivity index is 2.21. The molecule has 0 amide bonds. The molecule has 4 heteroatoms. The number of aliphatic hydroxyl groups is 4. The van der Waals surface area contributed by atoms with E-state index in [-0.39, 0.29) is 18.4 Å². The number of rotatable bonds is 9. The Bertz CT molecular complexity index is 245. The van der Waals surface area contributed by atoms with Crippen molar-refractivity contribution in [3.63, 3.8) is 0 Å². The predicted octanol–water partition coefficient (Wildman–Crippen LogP) is 1.84. The molecule has 0 heterocycles. The molecule has 4 N–H and O–H groups in total. The van der Waals surface area contributed by atoms with Crippen LogP contribution in [-0.4, -0.2) is 45.3 Å². The third-order valence-electron chi connectivity index (χ3n) is 4.68. The highest BCUT2D eigenvalue weighted by molar-refractivity contribution is 4.92. The Morgan fingerprint density at radius 2 is 1.30 bits per heavy atom. The lowest BCUT2D eigenvalue weighted by atomic mass is 9.74.